The van der Waals surface area contributed by atoms with Gasteiger partial charge in [-0.1, -0.05) is 11.6 Å². The van der Waals surface area contributed by atoms with E-state index >= 15 is 0 Å². The third-order valence-electron chi connectivity index (χ3n) is 2.76. The zero-order valence-corrected chi connectivity index (χ0v) is 12.5. The summed E-state index contributed by atoms with van der Waals surface area (Å²) in [5.41, 5.74) is 1.39. The molecule has 0 radical (unpaired) electrons. The normalized spacial score (nSPS) is 10.3. The van der Waals surface area contributed by atoms with Crippen LogP contribution in [0.15, 0.2) is 30.5 Å². The molecule has 4 nitrogen and oxygen atoms in total. The Balaban J connectivity index is 2.25. The van der Waals surface area contributed by atoms with Crippen molar-refractivity contribution in [2.45, 2.75) is 13.8 Å². The number of aromatic nitrogens is 1. The molecule has 0 aliphatic heterocycles. The standard InChI is InChI=1S/C15H15ClFN3O/c1-3-18-14-7-12(13(16)8-19-14)15(21)20-11-5-9(2)4-10(17)6-11/h4-8H,3H2,1-2H3,(H,18,19)(H,20,21). The molecule has 0 spiro atoms. The number of carbonyl (C=O) groups excluding carboxylic acids is 1. The monoisotopic (exact) mass is 307 g/mol. The fourth-order valence-electron chi connectivity index (χ4n) is 1.90. The van der Waals surface area contributed by atoms with E-state index in [1.165, 1.54) is 18.3 Å². The number of carbonyl (C=O) groups is 1. The van der Waals surface area contributed by atoms with Crippen molar-refractivity contribution in [2.75, 3.05) is 17.2 Å². The van der Waals surface area contributed by atoms with E-state index in [1.54, 1.807) is 19.1 Å². The van der Waals surface area contributed by atoms with E-state index in [0.29, 0.717) is 18.1 Å². The minimum atomic E-state index is -0.411. The largest absolute Gasteiger partial charge is 0.370 e. The molecule has 21 heavy (non-hydrogen) atoms. The number of nitrogens with one attached hydrogen (secondary N) is 2. The van der Waals surface area contributed by atoms with Gasteiger partial charge in [-0.25, -0.2) is 9.37 Å². The summed E-state index contributed by atoms with van der Waals surface area (Å²) < 4.78 is 13.3. The highest BCUT2D eigenvalue weighted by molar-refractivity contribution is 6.34. The summed E-state index contributed by atoms with van der Waals surface area (Å²) in [5.74, 6) is -0.256. The van der Waals surface area contributed by atoms with Gasteiger partial charge in [-0.05, 0) is 43.7 Å². The Morgan fingerprint density at radius 3 is 2.76 bits per heavy atom. The summed E-state index contributed by atoms with van der Waals surface area (Å²) in [6.45, 7) is 4.35. The van der Waals surface area contributed by atoms with Crippen LogP contribution in [0.2, 0.25) is 5.02 Å². The first-order chi connectivity index (χ1) is 9.99. The van der Waals surface area contributed by atoms with E-state index in [-0.39, 0.29) is 10.6 Å². The molecule has 0 atom stereocenters. The van der Waals surface area contributed by atoms with Gasteiger partial charge in [0, 0.05) is 18.4 Å². The molecule has 1 aromatic carbocycles. The van der Waals surface area contributed by atoms with Crippen LogP contribution >= 0.6 is 11.6 Å². The average molecular weight is 308 g/mol. The van der Waals surface area contributed by atoms with E-state index < -0.39 is 11.7 Å². The van der Waals surface area contributed by atoms with Gasteiger partial charge in [0.05, 0.1) is 10.6 Å². The molecular weight excluding hydrogens is 293 g/mol. The Labute approximate surface area is 127 Å². The second-order valence-electron chi connectivity index (χ2n) is 4.55. The predicted molar refractivity (Wildman–Crippen MR) is 82.5 cm³/mol. The van der Waals surface area contributed by atoms with Gasteiger partial charge < -0.3 is 10.6 Å². The van der Waals surface area contributed by atoms with Gasteiger partial charge in [0.1, 0.15) is 11.6 Å². The van der Waals surface area contributed by atoms with Crippen LogP contribution in [0.25, 0.3) is 0 Å². The van der Waals surface area contributed by atoms with Gasteiger partial charge >= 0.3 is 0 Å². The molecule has 2 N–H and O–H groups in total. The predicted octanol–water partition coefficient (Wildman–Crippen LogP) is 3.87. The van der Waals surface area contributed by atoms with E-state index in [9.17, 15) is 9.18 Å². The zero-order valence-electron chi connectivity index (χ0n) is 11.7. The van der Waals surface area contributed by atoms with E-state index in [2.05, 4.69) is 15.6 Å². The number of benzene rings is 1. The second-order valence-corrected chi connectivity index (χ2v) is 4.96. The van der Waals surface area contributed by atoms with Gasteiger partial charge in [-0.3, -0.25) is 4.79 Å². The lowest BCUT2D eigenvalue weighted by molar-refractivity contribution is 0.102. The molecule has 1 heterocycles. The van der Waals surface area contributed by atoms with Crippen LogP contribution in [0.1, 0.15) is 22.8 Å². The molecule has 6 heteroatoms. The highest BCUT2D eigenvalue weighted by Gasteiger charge is 2.13. The Kier molecular flexibility index (Phi) is 4.75. The van der Waals surface area contributed by atoms with Gasteiger partial charge in [0.25, 0.3) is 5.91 Å². The molecule has 2 aromatic rings. The molecule has 0 saturated carbocycles. The molecule has 0 bridgehead atoms. The molecule has 0 fully saturated rings. The van der Waals surface area contributed by atoms with Gasteiger partial charge in [-0.2, -0.15) is 0 Å². The third kappa shape index (κ3) is 3.92. The number of hydrogen-bond acceptors (Lipinski definition) is 3. The summed E-state index contributed by atoms with van der Waals surface area (Å²) in [5, 5.41) is 5.87. The van der Waals surface area contributed by atoms with Crippen molar-refractivity contribution in [3.8, 4) is 0 Å². The lowest BCUT2D eigenvalue weighted by Crippen LogP contribution is -2.14. The number of hydrogen-bond donors (Lipinski definition) is 2. The third-order valence-corrected chi connectivity index (χ3v) is 3.06. The lowest BCUT2D eigenvalue weighted by Gasteiger charge is -2.09. The van der Waals surface area contributed by atoms with Crippen molar-refractivity contribution in [1.82, 2.24) is 4.98 Å². The van der Waals surface area contributed by atoms with E-state index in [4.69, 9.17) is 11.6 Å². The fourth-order valence-corrected chi connectivity index (χ4v) is 2.09. The van der Waals surface area contributed by atoms with Crippen LogP contribution in [0.5, 0.6) is 0 Å². The number of anilines is 2. The Morgan fingerprint density at radius 2 is 2.10 bits per heavy atom. The number of rotatable bonds is 4. The number of halogens is 2. The van der Waals surface area contributed by atoms with Crippen molar-refractivity contribution >= 4 is 29.0 Å². The minimum Gasteiger partial charge on any atom is -0.370 e. The van der Waals surface area contributed by atoms with Gasteiger partial charge in [0.2, 0.25) is 0 Å². The second kappa shape index (κ2) is 6.54. The molecule has 0 unspecified atom stereocenters. The van der Waals surface area contributed by atoms with Crippen molar-refractivity contribution in [3.05, 3.63) is 52.4 Å². The van der Waals surface area contributed by atoms with Crippen LogP contribution in [0.4, 0.5) is 15.9 Å². The number of aryl methyl sites for hydroxylation is 1. The Hall–Kier alpha value is -2.14. The topological polar surface area (TPSA) is 54.0 Å². The van der Waals surface area contributed by atoms with E-state index in [1.807, 2.05) is 6.92 Å². The molecule has 1 amide bonds. The Bertz CT molecular complexity index is 656. The smallest absolute Gasteiger partial charge is 0.257 e. The molecular formula is C15H15ClFN3O. The summed E-state index contributed by atoms with van der Waals surface area (Å²) in [4.78, 5) is 16.3. The summed E-state index contributed by atoms with van der Waals surface area (Å²) in [6, 6.07) is 5.89. The molecule has 110 valence electrons. The maximum absolute atomic E-state index is 13.3. The SMILES string of the molecule is CCNc1cc(C(=O)Nc2cc(C)cc(F)c2)c(Cl)cn1. The first-order valence-electron chi connectivity index (χ1n) is 6.47. The minimum absolute atomic E-state index is 0.238. The summed E-state index contributed by atoms with van der Waals surface area (Å²) in [6.07, 6.45) is 1.41. The quantitative estimate of drug-likeness (QED) is 0.901. The van der Waals surface area contributed by atoms with Crippen LogP contribution < -0.4 is 10.6 Å². The average Bonchev–Trinajstić information content (AvgIpc) is 2.40. The molecule has 0 aliphatic carbocycles. The fraction of sp³-hybridized carbons (Fsp3) is 0.200. The molecule has 2 rings (SSSR count). The van der Waals surface area contributed by atoms with Gasteiger partial charge in [-0.15, -0.1) is 0 Å². The van der Waals surface area contributed by atoms with Crippen LogP contribution in [0.3, 0.4) is 0 Å². The zero-order chi connectivity index (χ0) is 15.4. The molecule has 0 aliphatic rings. The van der Waals surface area contributed by atoms with Crippen LogP contribution in [-0.2, 0) is 0 Å². The number of nitrogens with zero attached hydrogens (tertiary/aromatic N) is 1. The maximum Gasteiger partial charge on any atom is 0.257 e. The van der Waals surface area contributed by atoms with Crippen LogP contribution in [-0.4, -0.2) is 17.4 Å². The highest BCUT2D eigenvalue weighted by Crippen LogP contribution is 2.20. The number of amides is 1. The highest BCUT2D eigenvalue weighted by atomic mass is 35.5. The van der Waals surface area contributed by atoms with Crippen LogP contribution in [0, 0.1) is 12.7 Å². The Morgan fingerprint density at radius 1 is 1.33 bits per heavy atom. The van der Waals surface area contributed by atoms with Crippen molar-refractivity contribution in [3.63, 3.8) is 0 Å². The van der Waals surface area contributed by atoms with Gasteiger partial charge in [0.15, 0.2) is 0 Å². The lowest BCUT2D eigenvalue weighted by atomic mass is 10.2. The molecule has 1 aromatic heterocycles. The first-order valence-corrected chi connectivity index (χ1v) is 6.85. The summed E-state index contributed by atoms with van der Waals surface area (Å²) >= 11 is 5.99. The van der Waals surface area contributed by atoms with Crippen molar-refractivity contribution in [2.24, 2.45) is 0 Å². The number of pyridine rings is 1. The molecule has 0 saturated heterocycles. The maximum atomic E-state index is 13.3. The van der Waals surface area contributed by atoms with Crippen molar-refractivity contribution < 1.29 is 9.18 Å². The van der Waals surface area contributed by atoms with Crippen molar-refractivity contribution in [1.29, 1.82) is 0 Å². The first kappa shape index (κ1) is 15.3. The van der Waals surface area contributed by atoms with E-state index in [0.717, 1.165) is 5.56 Å². The summed E-state index contributed by atoms with van der Waals surface area (Å²) in [7, 11) is 0.